The maximum atomic E-state index is 6.22. The lowest BCUT2D eigenvalue weighted by atomic mass is 10.1. The molecule has 0 unspecified atom stereocenters. The number of hydrogen-bond acceptors (Lipinski definition) is 3. The smallest absolute Gasteiger partial charge is 0.129 e. The van der Waals surface area contributed by atoms with Gasteiger partial charge in [-0.05, 0) is 48.9 Å². The van der Waals surface area contributed by atoms with E-state index in [0.29, 0.717) is 17.3 Å². The second-order valence-corrected chi connectivity index (χ2v) is 5.16. The van der Waals surface area contributed by atoms with Crippen LogP contribution in [0.25, 0.3) is 10.9 Å². The van der Waals surface area contributed by atoms with Crippen molar-refractivity contribution in [2.45, 2.75) is 6.42 Å². The lowest BCUT2D eigenvalue weighted by Gasteiger charge is -2.09. The first-order chi connectivity index (χ1) is 10.3. The van der Waals surface area contributed by atoms with Crippen LogP contribution in [-0.4, -0.2) is 11.5 Å². The predicted molar refractivity (Wildman–Crippen MR) is 86.0 cm³/mol. The van der Waals surface area contributed by atoms with E-state index in [2.05, 4.69) is 4.98 Å². The number of halogens is 1. The molecule has 3 rings (SSSR count). The molecule has 2 N–H and O–H groups in total. The quantitative estimate of drug-likeness (QED) is 0.786. The van der Waals surface area contributed by atoms with Crippen molar-refractivity contribution in [2.24, 2.45) is 5.73 Å². The molecule has 2 aromatic carbocycles. The summed E-state index contributed by atoms with van der Waals surface area (Å²) in [4.78, 5) is 4.32. The van der Waals surface area contributed by atoms with Gasteiger partial charge in [0, 0.05) is 22.7 Å². The number of rotatable bonds is 4. The molecule has 0 aliphatic carbocycles. The SMILES string of the molecule is NCCc1ccc(Oc2ccc3cccnc3c2)cc1Cl. The first-order valence-electron chi connectivity index (χ1n) is 6.77. The minimum absolute atomic E-state index is 0.580. The normalized spacial score (nSPS) is 10.8. The van der Waals surface area contributed by atoms with Crippen molar-refractivity contribution in [1.82, 2.24) is 4.98 Å². The van der Waals surface area contributed by atoms with E-state index in [-0.39, 0.29) is 0 Å². The molecule has 4 heteroatoms. The lowest BCUT2D eigenvalue weighted by Crippen LogP contribution is -2.03. The van der Waals surface area contributed by atoms with Gasteiger partial charge >= 0.3 is 0 Å². The molecule has 21 heavy (non-hydrogen) atoms. The van der Waals surface area contributed by atoms with Crippen molar-refractivity contribution in [3.8, 4) is 11.5 Å². The molecule has 0 fully saturated rings. The first-order valence-corrected chi connectivity index (χ1v) is 7.15. The van der Waals surface area contributed by atoms with Gasteiger partial charge in [0.1, 0.15) is 11.5 Å². The highest BCUT2D eigenvalue weighted by Crippen LogP contribution is 2.28. The number of pyridine rings is 1. The van der Waals surface area contributed by atoms with E-state index < -0.39 is 0 Å². The van der Waals surface area contributed by atoms with Gasteiger partial charge in [0.15, 0.2) is 0 Å². The van der Waals surface area contributed by atoms with Gasteiger partial charge in [-0.3, -0.25) is 4.98 Å². The summed E-state index contributed by atoms with van der Waals surface area (Å²) >= 11 is 6.22. The van der Waals surface area contributed by atoms with Crippen LogP contribution in [0, 0.1) is 0 Å². The highest BCUT2D eigenvalue weighted by Gasteiger charge is 2.04. The number of aromatic nitrogens is 1. The molecule has 0 saturated carbocycles. The number of ether oxygens (including phenoxy) is 1. The predicted octanol–water partition coefficient (Wildman–Crippen LogP) is 4.18. The monoisotopic (exact) mass is 298 g/mol. The average molecular weight is 299 g/mol. The molecule has 3 nitrogen and oxygen atoms in total. The van der Waals surface area contributed by atoms with Gasteiger partial charge in [0.25, 0.3) is 0 Å². The van der Waals surface area contributed by atoms with Gasteiger partial charge in [-0.2, -0.15) is 0 Å². The minimum atomic E-state index is 0.580. The van der Waals surface area contributed by atoms with Crippen LogP contribution in [0.2, 0.25) is 5.02 Å². The molecular weight excluding hydrogens is 284 g/mol. The van der Waals surface area contributed by atoms with Gasteiger partial charge in [-0.25, -0.2) is 0 Å². The van der Waals surface area contributed by atoms with Crippen LogP contribution in [0.4, 0.5) is 0 Å². The number of nitrogens with two attached hydrogens (primary N) is 1. The van der Waals surface area contributed by atoms with Crippen molar-refractivity contribution >= 4 is 22.5 Å². The van der Waals surface area contributed by atoms with Gasteiger partial charge in [0.2, 0.25) is 0 Å². The van der Waals surface area contributed by atoms with Crippen molar-refractivity contribution in [2.75, 3.05) is 6.54 Å². The third-order valence-corrected chi connectivity index (χ3v) is 3.60. The Kier molecular flexibility index (Phi) is 4.04. The Balaban J connectivity index is 1.86. The molecule has 3 aromatic rings. The zero-order valence-electron chi connectivity index (χ0n) is 11.4. The third-order valence-electron chi connectivity index (χ3n) is 3.25. The first kappa shape index (κ1) is 13.9. The Hall–Kier alpha value is -2.10. The Morgan fingerprint density at radius 2 is 1.86 bits per heavy atom. The van der Waals surface area contributed by atoms with Crippen LogP contribution in [-0.2, 0) is 6.42 Å². The Labute approximate surface area is 128 Å². The molecule has 0 aliphatic rings. The van der Waals surface area contributed by atoms with Crippen molar-refractivity contribution in [1.29, 1.82) is 0 Å². The highest BCUT2D eigenvalue weighted by atomic mass is 35.5. The summed E-state index contributed by atoms with van der Waals surface area (Å²) in [7, 11) is 0. The fourth-order valence-electron chi connectivity index (χ4n) is 2.20. The molecule has 0 radical (unpaired) electrons. The van der Waals surface area contributed by atoms with Gasteiger partial charge in [0.05, 0.1) is 5.52 Å². The topological polar surface area (TPSA) is 48.1 Å². The van der Waals surface area contributed by atoms with Crippen LogP contribution >= 0.6 is 11.6 Å². The molecule has 0 saturated heterocycles. The summed E-state index contributed by atoms with van der Waals surface area (Å²) in [5, 5.41) is 1.76. The fourth-order valence-corrected chi connectivity index (χ4v) is 2.46. The van der Waals surface area contributed by atoms with Crippen LogP contribution in [0.15, 0.2) is 54.7 Å². The van der Waals surface area contributed by atoms with E-state index in [9.17, 15) is 0 Å². The Morgan fingerprint density at radius 3 is 2.67 bits per heavy atom. The maximum Gasteiger partial charge on any atom is 0.129 e. The summed E-state index contributed by atoms with van der Waals surface area (Å²) in [6, 6.07) is 15.4. The summed E-state index contributed by atoms with van der Waals surface area (Å²) in [6.07, 6.45) is 2.53. The van der Waals surface area contributed by atoms with Crippen LogP contribution < -0.4 is 10.5 Å². The Morgan fingerprint density at radius 1 is 1.05 bits per heavy atom. The summed E-state index contributed by atoms with van der Waals surface area (Å²) in [5.74, 6) is 1.44. The van der Waals surface area contributed by atoms with E-state index in [1.54, 1.807) is 6.20 Å². The van der Waals surface area contributed by atoms with E-state index in [0.717, 1.165) is 28.6 Å². The van der Waals surface area contributed by atoms with E-state index in [1.807, 2.05) is 48.5 Å². The van der Waals surface area contributed by atoms with E-state index >= 15 is 0 Å². The molecule has 0 amide bonds. The maximum absolute atomic E-state index is 6.22. The van der Waals surface area contributed by atoms with Crippen molar-refractivity contribution in [3.63, 3.8) is 0 Å². The van der Waals surface area contributed by atoms with Crippen LogP contribution in [0.1, 0.15) is 5.56 Å². The molecule has 0 aliphatic heterocycles. The standard InChI is InChI=1S/C17H15ClN2O/c18-16-10-14(5-3-12(16)7-8-19)21-15-6-4-13-2-1-9-20-17(13)11-15/h1-6,9-11H,7-8,19H2. The number of benzene rings is 2. The van der Waals surface area contributed by atoms with E-state index in [1.165, 1.54) is 0 Å². The van der Waals surface area contributed by atoms with Gasteiger partial charge < -0.3 is 10.5 Å². The molecule has 106 valence electrons. The fraction of sp³-hybridized carbons (Fsp3) is 0.118. The number of hydrogen-bond donors (Lipinski definition) is 1. The number of nitrogens with zero attached hydrogens (tertiary/aromatic N) is 1. The summed E-state index contributed by atoms with van der Waals surface area (Å²) in [6.45, 7) is 0.580. The largest absolute Gasteiger partial charge is 0.457 e. The van der Waals surface area contributed by atoms with Gasteiger partial charge in [-0.1, -0.05) is 23.7 Å². The Bertz CT molecular complexity index is 774. The molecule has 1 heterocycles. The molecule has 0 spiro atoms. The molecule has 0 bridgehead atoms. The zero-order valence-corrected chi connectivity index (χ0v) is 12.2. The molecule has 0 atom stereocenters. The van der Waals surface area contributed by atoms with E-state index in [4.69, 9.17) is 22.1 Å². The van der Waals surface area contributed by atoms with Crippen LogP contribution in [0.3, 0.4) is 0 Å². The second kappa shape index (κ2) is 6.12. The highest BCUT2D eigenvalue weighted by molar-refractivity contribution is 6.31. The summed E-state index contributed by atoms with van der Waals surface area (Å²) in [5.41, 5.74) is 7.48. The van der Waals surface area contributed by atoms with Crippen LogP contribution in [0.5, 0.6) is 11.5 Å². The van der Waals surface area contributed by atoms with Crippen molar-refractivity contribution < 1.29 is 4.74 Å². The zero-order chi connectivity index (χ0) is 14.7. The molecular formula is C17H15ClN2O. The lowest BCUT2D eigenvalue weighted by molar-refractivity contribution is 0.483. The summed E-state index contributed by atoms with van der Waals surface area (Å²) < 4.78 is 5.84. The average Bonchev–Trinajstić information content (AvgIpc) is 2.50. The second-order valence-electron chi connectivity index (χ2n) is 4.75. The third kappa shape index (κ3) is 3.15. The van der Waals surface area contributed by atoms with Crippen molar-refractivity contribution in [3.05, 3.63) is 65.3 Å². The minimum Gasteiger partial charge on any atom is -0.457 e. The number of fused-ring (bicyclic) bond motifs is 1. The molecule has 1 aromatic heterocycles. The van der Waals surface area contributed by atoms with Gasteiger partial charge in [-0.15, -0.1) is 0 Å².